The molecule has 36 heavy (non-hydrogen) atoms. The fraction of sp³-hybridized carbons (Fsp3) is 0.200. The maximum atomic E-state index is 15.1. The average molecular weight is 495 g/mol. The first-order valence-electron chi connectivity index (χ1n) is 10.8. The van der Waals surface area contributed by atoms with E-state index in [1.54, 1.807) is 13.0 Å². The quantitative estimate of drug-likeness (QED) is 0.391. The zero-order chi connectivity index (χ0) is 26.2. The number of hydrogen-bond donors (Lipinski definition) is 3. The van der Waals surface area contributed by atoms with E-state index in [1.165, 1.54) is 30.5 Å². The van der Waals surface area contributed by atoms with Gasteiger partial charge in [0.25, 0.3) is 11.8 Å². The number of carbonyl (C=O) groups excluding carboxylic acids is 2. The van der Waals surface area contributed by atoms with Gasteiger partial charge in [-0.15, -0.1) is 0 Å². The van der Waals surface area contributed by atoms with Crippen molar-refractivity contribution in [2.45, 2.75) is 19.6 Å². The Morgan fingerprint density at radius 1 is 1.14 bits per heavy atom. The van der Waals surface area contributed by atoms with Crippen LogP contribution in [0.15, 0.2) is 48.7 Å². The number of pyridine rings is 1. The molecule has 3 rings (SSSR count). The van der Waals surface area contributed by atoms with E-state index in [1.807, 2.05) is 6.07 Å². The number of amides is 2. The Labute approximate surface area is 205 Å². The first-order chi connectivity index (χ1) is 17.2. The highest BCUT2D eigenvalue weighted by Gasteiger charge is 2.28. The van der Waals surface area contributed by atoms with Gasteiger partial charge in [0, 0.05) is 30.5 Å². The molecule has 0 unspecified atom stereocenters. The summed E-state index contributed by atoms with van der Waals surface area (Å²) in [5.74, 6) is -3.07. The number of benzene rings is 2. The van der Waals surface area contributed by atoms with Gasteiger partial charge in [-0.3, -0.25) is 9.59 Å². The van der Waals surface area contributed by atoms with E-state index in [4.69, 9.17) is 26.2 Å². The van der Waals surface area contributed by atoms with Crippen molar-refractivity contribution in [1.29, 1.82) is 5.26 Å². The molecule has 0 aliphatic carbocycles. The highest BCUT2D eigenvalue weighted by Crippen LogP contribution is 2.30. The number of halogens is 2. The Hall–Kier alpha value is -4.56. The van der Waals surface area contributed by atoms with Gasteiger partial charge in [0.15, 0.2) is 12.7 Å². The molecular weight excluding hydrogens is 472 g/mol. The monoisotopic (exact) mass is 495 g/mol. The van der Waals surface area contributed by atoms with Crippen LogP contribution in [0.5, 0.6) is 5.75 Å². The molecule has 1 aromatic heterocycles. The van der Waals surface area contributed by atoms with Crippen LogP contribution in [-0.2, 0) is 20.9 Å². The van der Waals surface area contributed by atoms with E-state index < -0.39 is 41.7 Å². The van der Waals surface area contributed by atoms with Gasteiger partial charge in [0.2, 0.25) is 0 Å². The molecule has 0 radical (unpaired) electrons. The SMILES string of the molecule is CCO[C@H](C(=O)NCc1ccc(C#N)cc1OCC(N)=O)c1c(F)cc(-c2ccc(N)nc2)cc1F. The summed E-state index contributed by atoms with van der Waals surface area (Å²) in [4.78, 5) is 27.9. The molecule has 0 bridgehead atoms. The Bertz CT molecular complexity index is 1290. The number of hydrogen-bond acceptors (Lipinski definition) is 7. The van der Waals surface area contributed by atoms with Crippen LogP contribution in [0.2, 0.25) is 0 Å². The number of aromatic nitrogens is 1. The van der Waals surface area contributed by atoms with Crippen molar-refractivity contribution < 1.29 is 27.8 Å². The van der Waals surface area contributed by atoms with Crippen LogP contribution in [0.3, 0.4) is 0 Å². The number of rotatable bonds is 10. The van der Waals surface area contributed by atoms with E-state index in [9.17, 15) is 9.59 Å². The number of anilines is 1. The minimum absolute atomic E-state index is 0.00440. The highest BCUT2D eigenvalue weighted by molar-refractivity contribution is 5.83. The van der Waals surface area contributed by atoms with Gasteiger partial charge in [-0.1, -0.05) is 6.07 Å². The van der Waals surface area contributed by atoms with Crippen LogP contribution in [-0.4, -0.2) is 30.0 Å². The third kappa shape index (κ3) is 6.31. The van der Waals surface area contributed by atoms with Crippen molar-refractivity contribution in [3.63, 3.8) is 0 Å². The average Bonchev–Trinajstić information content (AvgIpc) is 2.85. The molecule has 0 saturated heterocycles. The number of nitriles is 1. The number of nitrogens with zero attached hydrogens (tertiary/aromatic N) is 2. The summed E-state index contributed by atoms with van der Waals surface area (Å²) in [6.07, 6.45) is -0.201. The lowest BCUT2D eigenvalue weighted by Crippen LogP contribution is -2.32. The molecule has 0 spiro atoms. The fourth-order valence-corrected chi connectivity index (χ4v) is 3.36. The second-order valence-electron chi connectivity index (χ2n) is 7.57. The Kier molecular flexibility index (Phi) is 8.48. The van der Waals surface area contributed by atoms with E-state index in [0.29, 0.717) is 11.1 Å². The summed E-state index contributed by atoms with van der Waals surface area (Å²) >= 11 is 0. The molecule has 2 aromatic carbocycles. The van der Waals surface area contributed by atoms with Crippen molar-refractivity contribution in [2.24, 2.45) is 5.73 Å². The maximum Gasteiger partial charge on any atom is 0.255 e. The predicted molar refractivity (Wildman–Crippen MR) is 126 cm³/mol. The first kappa shape index (κ1) is 26.1. The lowest BCUT2D eigenvalue weighted by molar-refractivity contribution is -0.133. The van der Waals surface area contributed by atoms with E-state index in [-0.39, 0.29) is 35.8 Å². The molecule has 11 heteroatoms. The predicted octanol–water partition coefficient (Wildman–Crippen LogP) is 2.74. The Morgan fingerprint density at radius 3 is 2.44 bits per heavy atom. The molecule has 0 saturated carbocycles. The van der Waals surface area contributed by atoms with Gasteiger partial charge in [-0.25, -0.2) is 13.8 Å². The van der Waals surface area contributed by atoms with Crippen LogP contribution >= 0.6 is 0 Å². The molecule has 0 aliphatic rings. The standard InChI is InChI=1S/C25H23F2N5O4/c1-2-35-24(23-18(26)8-17(9-19(23)27)15-5-6-21(29)31-11-15)25(34)32-12-16-4-3-14(10-28)7-20(16)36-13-22(30)33/h3-9,11,24H,2,12-13H2,1H3,(H2,29,31)(H2,30,33)(H,32,34)/t24-/m0/s1. The second kappa shape index (κ2) is 11.7. The largest absolute Gasteiger partial charge is 0.483 e. The number of nitrogens with one attached hydrogen (secondary N) is 1. The summed E-state index contributed by atoms with van der Waals surface area (Å²) in [7, 11) is 0. The number of carbonyl (C=O) groups is 2. The molecule has 3 aromatic rings. The number of ether oxygens (including phenoxy) is 2. The molecule has 9 nitrogen and oxygen atoms in total. The van der Waals surface area contributed by atoms with E-state index in [0.717, 1.165) is 12.1 Å². The second-order valence-corrected chi connectivity index (χ2v) is 7.57. The van der Waals surface area contributed by atoms with Crippen molar-refractivity contribution in [3.8, 4) is 22.9 Å². The van der Waals surface area contributed by atoms with Gasteiger partial charge in [0.1, 0.15) is 23.2 Å². The van der Waals surface area contributed by atoms with Gasteiger partial charge >= 0.3 is 0 Å². The summed E-state index contributed by atoms with van der Waals surface area (Å²) in [5, 5.41) is 11.7. The highest BCUT2D eigenvalue weighted by atomic mass is 19.1. The lowest BCUT2D eigenvalue weighted by Gasteiger charge is -2.20. The Morgan fingerprint density at radius 2 is 1.86 bits per heavy atom. The zero-order valence-electron chi connectivity index (χ0n) is 19.3. The molecule has 2 amide bonds. The molecule has 0 fully saturated rings. The third-order valence-corrected chi connectivity index (χ3v) is 5.05. The van der Waals surface area contributed by atoms with Crippen molar-refractivity contribution in [3.05, 3.63) is 77.0 Å². The number of nitrogen functional groups attached to an aromatic ring is 1. The minimum atomic E-state index is -1.58. The van der Waals surface area contributed by atoms with Crippen molar-refractivity contribution in [2.75, 3.05) is 18.9 Å². The topological polar surface area (TPSA) is 153 Å². The Balaban J connectivity index is 1.84. The van der Waals surface area contributed by atoms with Crippen LogP contribution in [0, 0.1) is 23.0 Å². The fourth-order valence-electron chi connectivity index (χ4n) is 3.36. The van der Waals surface area contributed by atoms with Crippen LogP contribution in [0.25, 0.3) is 11.1 Å². The minimum Gasteiger partial charge on any atom is -0.483 e. The summed E-state index contributed by atoms with van der Waals surface area (Å²) in [6, 6.07) is 11.6. The van der Waals surface area contributed by atoms with E-state index >= 15 is 8.78 Å². The summed E-state index contributed by atoms with van der Waals surface area (Å²) < 4.78 is 40.8. The molecule has 186 valence electrons. The van der Waals surface area contributed by atoms with E-state index in [2.05, 4.69) is 10.3 Å². The molecular formula is C25H23F2N5O4. The van der Waals surface area contributed by atoms with Crippen LogP contribution in [0.4, 0.5) is 14.6 Å². The third-order valence-electron chi connectivity index (χ3n) is 5.05. The van der Waals surface area contributed by atoms with Gasteiger partial charge in [-0.2, -0.15) is 5.26 Å². The normalized spacial score (nSPS) is 11.4. The summed E-state index contributed by atoms with van der Waals surface area (Å²) in [6.45, 7) is 1.01. The smallest absolute Gasteiger partial charge is 0.255 e. The molecule has 0 aliphatic heterocycles. The van der Waals surface area contributed by atoms with Crippen molar-refractivity contribution in [1.82, 2.24) is 10.3 Å². The number of nitrogens with two attached hydrogens (primary N) is 2. The lowest BCUT2D eigenvalue weighted by atomic mass is 10.0. The number of primary amides is 1. The van der Waals surface area contributed by atoms with Gasteiger partial charge in [-0.05, 0) is 48.9 Å². The van der Waals surface area contributed by atoms with Crippen molar-refractivity contribution >= 4 is 17.6 Å². The summed E-state index contributed by atoms with van der Waals surface area (Å²) in [5.41, 5.74) is 11.4. The first-order valence-corrected chi connectivity index (χ1v) is 10.8. The molecule has 1 heterocycles. The van der Waals surface area contributed by atoms with Crippen LogP contribution in [0.1, 0.15) is 29.7 Å². The molecule has 5 N–H and O–H groups in total. The van der Waals surface area contributed by atoms with Crippen LogP contribution < -0.4 is 21.5 Å². The zero-order valence-corrected chi connectivity index (χ0v) is 19.3. The van der Waals surface area contributed by atoms with Gasteiger partial charge < -0.3 is 26.3 Å². The maximum absolute atomic E-state index is 15.1. The molecule has 1 atom stereocenters. The van der Waals surface area contributed by atoms with Gasteiger partial charge in [0.05, 0.1) is 17.2 Å².